The summed E-state index contributed by atoms with van der Waals surface area (Å²) in [4.78, 5) is 21.8. The van der Waals surface area contributed by atoms with Crippen LogP contribution >= 0.6 is 23.2 Å². The van der Waals surface area contributed by atoms with Crippen LogP contribution in [-0.4, -0.2) is 34.8 Å². The van der Waals surface area contributed by atoms with Gasteiger partial charge in [-0.3, -0.25) is 9.59 Å². The van der Waals surface area contributed by atoms with Crippen molar-refractivity contribution in [3.63, 3.8) is 0 Å². The maximum absolute atomic E-state index is 10.9. The third-order valence-corrected chi connectivity index (χ3v) is 1.78. The van der Waals surface area contributed by atoms with Crippen molar-refractivity contribution >= 4 is 35.0 Å². The average Bonchev–Trinajstić information content (AvgIpc) is 1.94. The van der Waals surface area contributed by atoms with Crippen LogP contribution in [0.25, 0.3) is 0 Å². The van der Waals surface area contributed by atoms with Crippen LogP contribution in [0.1, 0.15) is 0 Å². The van der Waals surface area contributed by atoms with Crippen LogP contribution in [0, 0.1) is 0 Å². The first kappa shape index (κ1) is 8.62. The lowest BCUT2D eigenvalue weighted by molar-refractivity contribution is -0.140. The van der Waals surface area contributed by atoms with Crippen molar-refractivity contribution in [1.82, 2.24) is 10.2 Å². The van der Waals surface area contributed by atoms with Gasteiger partial charge in [-0.15, -0.1) is 0 Å². The fraction of sp³-hybridized carbons (Fsp3) is 0.600. The average molecular weight is 197 g/mol. The molecule has 0 aromatic carbocycles. The predicted molar refractivity (Wildman–Crippen MR) is 40.2 cm³/mol. The summed E-state index contributed by atoms with van der Waals surface area (Å²) in [7, 11) is 0. The Morgan fingerprint density at radius 2 is 2.09 bits per heavy atom. The lowest BCUT2D eigenvalue weighted by atomic mass is 10.4. The minimum atomic E-state index is -0.937. The zero-order valence-electron chi connectivity index (χ0n) is 5.51. The lowest BCUT2D eigenvalue weighted by Gasteiger charge is -2.27. The van der Waals surface area contributed by atoms with E-state index in [-0.39, 0.29) is 24.9 Å². The van der Waals surface area contributed by atoms with Crippen LogP contribution in [-0.2, 0) is 9.59 Å². The molecular formula is C5H6Cl2N2O2. The number of rotatable bonds is 1. The molecule has 0 bridgehead atoms. The molecule has 62 valence electrons. The van der Waals surface area contributed by atoms with E-state index in [1.165, 1.54) is 0 Å². The maximum atomic E-state index is 10.9. The topological polar surface area (TPSA) is 49.4 Å². The van der Waals surface area contributed by atoms with E-state index in [9.17, 15) is 9.59 Å². The number of halogens is 2. The van der Waals surface area contributed by atoms with Gasteiger partial charge in [0, 0.05) is 0 Å². The second-order valence-electron chi connectivity index (χ2n) is 2.08. The Morgan fingerprint density at radius 1 is 1.45 bits per heavy atom. The molecule has 0 aliphatic carbocycles. The molecule has 1 aliphatic heterocycles. The Morgan fingerprint density at radius 3 is 2.55 bits per heavy atom. The molecule has 6 heteroatoms. The monoisotopic (exact) mass is 196 g/mol. The number of hydrogen-bond donors (Lipinski definition) is 1. The van der Waals surface area contributed by atoms with E-state index in [0.717, 1.165) is 4.90 Å². The van der Waals surface area contributed by atoms with E-state index in [0.29, 0.717) is 0 Å². The summed E-state index contributed by atoms with van der Waals surface area (Å²) in [5.41, 5.74) is 0. The van der Waals surface area contributed by atoms with Crippen LogP contribution < -0.4 is 5.32 Å². The Kier molecular flexibility index (Phi) is 2.57. The smallest absolute Gasteiger partial charge is 0.244 e. The molecule has 4 nitrogen and oxygen atoms in total. The molecule has 2 amide bonds. The Balaban J connectivity index is 2.61. The number of alkyl halides is 2. The fourth-order valence-corrected chi connectivity index (χ4v) is 1.11. The highest BCUT2D eigenvalue weighted by Gasteiger charge is 2.26. The Bertz CT molecular complexity index is 195. The number of carbonyl (C=O) groups excluding carboxylic acids is 2. The van der Waals surface area contributed by atoms with E-state index in [1.807, 2.05) is 0 Å². The second kappa shape index (κ2) is 3.28. The summed E-state index contributed by atoms with van der Waals surface area (Å²) < 4.78 is 0. The largest absolute Gasteiger partial charge is 0.345 e. The van der Waals surface area contributed by atoms with Gasteiger partial charge >= 0.3 is 0 Å². The first-order valence-electron chi connectivity index (χ1n) is 2.95. The van der Waals surface area contributed by atoms with Gasteiger partial charge in [-0.2, -0.15) is 0 Å². The van der Waals surface area contributed by atoms with Crippen molar-refractivity contribution in [2.45, 2.75) is 4.96 Å². The zero-order chi connectivity index (χ0) is 8.43. The first-order chi connectivity index (χ1) is 5.11. The van der Waals surface area contributed by atoms with Crippen LogP contribution in [0.5, 0.6) is 0 Å². The molecular weight excluding hydrogens is 191 g/mol. The molecule has 1 N–H and O–H groups in total. The van der Waals surface area contributed by atoms with Crippen LogP contribution in [0.2, 0.25) is 0 Å². The van der Waals surface area contributed by atoms with Gasteiger partial charge in [-0.1, -0.05) is 23.2 Å². The van der Waals surface area contributed by atoms with Gasteiger partial charge in [-0.05, 0) is 0 Å². The maximum Gasteiger partial charge on any atom is 0.244 e. The van der Waals surface area contributed by atoms with Crippen molar-refractivity contribution in [3.8, 4) is 0 Å². The highest BCUT2D eigenvalue weighted by Crippen LogP contribution is 2.10. The third-order valence-electron chi connectivity index (χ3n) is 1.31. The van der Waals surface area contributed by atoms with Gasteiger partial charge in [-0.25, -0.2) is 0 Å². The van der Waals surface area contributed by atoms with Crippen molar-refractivity contribution < 1.29 is 9.59 Å². The van der Waals surface area contributed by atoms with E-state index in [4.69, 9.17) is 23.2 Å². The van der Waals surface area contributed by atoms with Gasteiger partial charge < -0.3 is 10.2 Å². The summed E-state index contributed by atoms with van der Waals surface area (Å²) in [5.74, 6) is -0.504. The van der Waals surface area contributed by atoms with E-state index in [2.05, 4.69) is 5.32 Å². The van der Waals surface area contributed by atoms with Crippen LogP contribution in [0.4, 0.5) is 0 Å². The predicted octanol–water partition coefficient (Wildman–Crippen LogP) is -0.294. The van der Waals surface area contributed by atoms with Crippen LogP contribution in [0.3, 0.4) is 0 Å². The van der Waals surface area contributed by atoms with Gasteiger partial charge in [0.05, 0.1) is 6.54 Å². The number of hydrogen-bond acceptors (Lipinski definition) is 2. The van der Waals surface area contributed by atoms with Gasteiger partial charge in [0.2, 0.25) is 11.8 Å². The summed E-state index contributed by atoms with van der Waals surface area (Å²) in [5, 5.41) is 2.37. The molecule has 0 atom stereocenters. The van der Waals surface area contributed by atoms with Gasteiger partial charge in [0.25, 0.3) is 0 Å². The van der Waals surface area contributed by atoms with Crippen molar-refractivity contribution in [2.24, 2.45) is 0 Å². The van der Waals surface area contributed by atoms with E-state index >= 15 is 0 Å². The SMILES string of the molecule is O=C1CN(C(Cl)Cl)C(=O)CN1. The molecule has 1 heterocycles. The quantitative estimate of drug-likeness (QED) is 0.463. The van der Waals surface area contributed by atoms with E-state index < -0.39 is 4.96 Å². The molecule has 0 aromatic heterocycles. The molecule has 0 spiro atoms. The fourth-order valence-electron chi connectivity index (χ4n) is 0.752. The third kappa shape index (κ3) is 1.97. The Hall–Kier alpha value is -0.480. The first-order valence-corrected chi connectivity index (χ1v) is 3.83. The zero-order valence-corrected chi connectivity index (χ0v) is 7.02. The minimum Gasteiger partial charge on any atom is -0.345 e. The van der Waals surface area contributed by atoms with Crippen LogP contribution in [0.15, 0.2) is 0 Å². The van der Waals surface area contributed by atoms with Gasteiger partial charge in [0.1, 0.15) is 6.54 Å². The second-order valence-corrected chi connectivity index (χ2v) is 3.13. The number of nitrogens with zero attached hydrogens (tertiary/aromatic N) is 1. The van der Waals surface area contributed by atoms with Crippen molar-refractivity contribution in [2.75, 3.05) is 13.1 Å². The van der Waals surface area contributed by atoms with E-state index in [1.54, 1.807) is 0 Å². The molecule has 1 rings (SSSR count). The Labute approximate surface area is 73.4 Å². The summed E-state index contributed by atoms with van der Waals surface area (Å²) in [6.45, 7) is -0.0781. The standard InChI is InChI=1S/C5H6Cl2N2O2/c6-5(7)9-2-3(10)8-1-4(9)11/h5H,1-2H2,(H,8,10). The van der Waals surface area contributed by atoms with Gasteiger partial charge in [0.15, 0.2) is 4.96 Å². The number of nitrogens with one attached hydrogen (secondary N) is 1. The number of carbonyl (C=O) groups is 2. The summed E-state index contributed by atoms with van der Waals surface area (Å²) in [6, 6.07) is 0. The molecule has 11 heavy (non-hydrogen) atoms. The molecule has 0 radical (unpaired) electrons. The normalized spacial score (nSPS) is 19.0. The molecule has 0 unspecified atom stereocenters. The van der Waals surface area contributed by atoms with Crippen molar-refractivity contribution in [1.29, 1.82) is 0 Å². The highest BCUT2D eigenvalue weighted by atomic mass is 35.5. The molecule has 1 fully saturated rings. The van der Waals surface area contributed by atoms with Crippen molar-refractivity contribution in [3.05, 3.63) is 0 Å². The summed E-state index contributed by atoms with van der Waals surface area (Å²) in [6.07, 6.45) is 0. The minimum absolute atomic E-state index is 0.0191. The lowest BCUT2D eigenvalue weighted by Crippen LogP contribution is -2.52. The highest BCUT2D eigenvalue weighted by molar-refractivity contribution is 6.44. The number of amides is 2. The summed E-state index contributed by atoms with van der Waals surface area (Å²) >= 11 is 10.8. The molecule has 1 aliphatic rings. The molecule has 0 saturated carbocycles. The molecule has 0 aromatic rings. The number of piperazine rings is 1. The molecule has 1 saturated heterocycles.